The Hall–Kier alpha value is -3.46. The van der Waals surface area contributed by atoms with E-state index in [4.69, 9.17) is 0 Å². The normalized spacial score (nSPS) is 24.2. The molecule has 4 N–H and O–H groups in total. The summed E-state index contributed by atoms with van der Waals surface area (Å²) in [6.45, 7) is 11.6. The Morgan fingerprint density at radius 3 is 2.42 bits per heavy atom. The van der Waals surface area contributed by atoms with Gasteiger partial charge >= 0.3 is 6.03 Å². The van der Waals surface area contributed by atoms with Crippen LogP contribution in [0.3, 0.4) is 0 Å². The molecule has 192 valence electrons. The number of pyridine rings is 1. The van der Waals surface area contributed by atoms with Gasteiger partial charge in [-0.15, -0.1) is 0 Å². The summed E-state index contributed by atoms with van der Waals surface area (Å²) in [6, 6.07) is 7.83. The van der Waals surface area contributed by atoms with Crippen molar-refractivity contribution in [3.05, 3.63) is 58.8 Å². The molecular formula is C27H35N5O4. The average molecular weight is 494 g/mol. The first-order valence-corrected chi connectivity index (χ1v) is 12.3. The fourth-order valence-electron chi connectivity index (χ4n) is 5.35. The maximum atomic E-state index is 13.6. The molecule has 1 aromatic heterocycles. The van der Waals surface area contributed by atoms with Crippen LogP contribution in [0, 0.1) is 19.8 Å². The van der Waals surface area contributed by atoms with Gasteiger partial charge in [0, 0.05) is 24.3 Å². The lowest BCUT2D eigenvalue weighted by Crippen LogP contribution is -2.49. The van der Waals surface area contributed by atoms with Gasteiger partial charge in [-0.05, 0) is 68.9 Å². The number of urea groups is 1. The van der Waals surface area contributed by atoms with Crippen LogP contribution < -0.4 is 16.0 Å². The van der Waals surface area contributed by atoms with Crippen LogP contribution in [-0.2, 0) is 10.3 Å². The van der Waals surface area contributed by atoms with Crippen molar-refractivity contribution in [2.45, 2.75) is 71.2 Å². The molecule has 36 heavy (non-hydrogen) atoms. The molecule has 0 aliphatic carbocycles. The van der Waals surface area contributed by atoms with E-state index in [2.05, 4.69) is 27.0 Å². The van der Waals surface area contributed by atoms with Gasteiger partial charge in [-0.1, -0.05) is 32.0 Å². The summed E-state index contributed by atoms with van der Waals surface area (Å²) in [4.78, 5) is 44.3. The van der Waals surface area contributed by atoms with Crippen molar-refractivity contribution in [1.29, 1.82) is 0 Å². The van der Waals surface area contributed by atoms with Gasteiger partial charge in [0.2, 0.25) is 0 Å². The molecule has 2 aliphatic rings. The van der Waals surface area contributed by atoms with E-state index in [1.165, 1.54) is 0 Å². The van der Waals surface area contributed by atoms with Crippen LogP contribution in [0.15, 0.2) is 36.5 Å². The number of aromatic nitrogens is 1. The van der Waals surface area contributed by atoms with Crippen LogP contribution in [0.25, 0.3) is 0 Å². The van der Waals surface area contributed by atoms with Crippen molar-refractivity contribution in [3.63, 3.8) is 0 Å². The Bertz CT molecular complexity index is 1190. The summed E-state index contributed by atoms with van der Waals surface area (Å²) in [5.41, 5.74) is 0.872. The van der Waals surface area contributed by atoms with Crippen molar-refractivity contribution in [3.8, 4) is 0 Å². The zero-order valence-electron chi connectivity index (χ0n) is 21.7. The number of amides is 4. The summed E-state index contributed by atoms with van der Waals surface area (Å²) in [5, 5.41) is 19.4. The van der Waals surface area contributed by atoms with Gasteiger partial charge in [0.15, 0.2) is 0 Å². The smallest absolute Gasteiger partial charge is 0.322 e. The second-order valence-corrected chi connectivity index (χ2v) is 10.8. The van der Waals surface area contributed by atoms with Crippen molar-refractivity contribution in [1.82, 2.24) is 20.5 Å². The molecule has 2 aromatic rings. The molecule has 0 unspecified atom stereocenters. The number of carbonyl (C=O) groups excluding carboxylic acids is 3. The van der Waals surface area contributed by atoms with Gasteiger partial charge in [0.25, 0.3) is 11.8 Å². The number of imide groups is 1. The number of anilines is 1. The van der Waals surface area contributed by atoms with Gasteiger partial charge < -0.3 is 20.6 Å². The van der Waals surface area contributed by atoms with Gasteiger partial charge in [-0.3, -0.25) is 14.9 Å². The maximum Gasteiger partial charge on any atom is 0.322 e. The Morgan fingerprint density at radius 2 is 1.89 bits per heavy atom. The lowest BCUT2D eigenvalue weighted by atomic mass is 9.79. The van der Waals surface area contributed by atoms with Crippen molar-refractivity contribution in [2.24, 2.45) is 5.92 Å². The Balaban J connectivity index is 1.57. The monoisotopic (exact) mass is 493 g/mol. The van der Waals surface area contributed by atoms with E-state index in [1.807, 2.05) is 27.7 Å². The summed E-state index contributed by atoms with van der Waals surface area (Å²) >= 11 is 0. The highest BCUT2D eigenvalue weighted by Gasteiger charge is 2.50. The number of rotatable bonds is 6. The van der Waals surface area contributed by atoms with Crippen molar-refractivity contribution >= 4 is 23.7 Å². The zero-order chi connectivity index (χ0) is 26.4. The first-order chi connectivity index (χ1) is 16.8. The topological polar surface area (TPSA) is 124 Å². The standard InChI is InChI=1S/C27H35N5O4/c1-15(2)27(24(34)30-25(35)31-27)19-9-7-18(8-10-19)23(33)32-14-20(12-21(32)26(5,6)36)29-22-17(4)11-16(3)13-28-22/h7-11,13,15,20-21,36H,12,14H2,1-6H3,(H,28,29)(H2,30,31,34,35)/t20-,21-,27+/m0/s1. The molecule has 2 saturated heterocycles. The van der Waals surface area contributed by atoms with Crippen molar-refractivity contribution in [2.75, 3.05) is 11.9 Å². The van der Waals surface area contributed by atoms with Gasteiger partial charge in [0.05, 0.1) is 11.6 Å². The third-order valence-electron chi connectivity index (χ3n) is 7.28. The van der Waals surface area contributed by atoms with E-state index in [-0.39, 0.29) is 17.9 Å². The van der Waals surface area contributed by atoms with E-state index in [9.17, 15) is 19.5 Å². The van der Waals surface area contributed by atoms with Crippen molar-refractivity contribution < 1.29 is 19.5 Å². The number of likely N-dealkylation sites (tertiary alicyclic amines) is 1. The maximum absolute atomic E-state index is 13.6. The highest BCUT2D eigenvalue weighted by atomic mass is 16.3. The van der Waals surface area contributed by atoms with E-state index in [0.717, 1.165) is 16.9 Å². The number of hydrogen-bond acceptors (Lipinski definition) is 6. The Morgan fingerprint density at radius 1 is 1.22 bits per heavy atom. The lowest BCUT2D eigenvalue weighted by molar-refractivity contribution is -0.125. The van der Waals surface area contributed by atoms with Crippen LogP contribution in [0.5, 0.6) is 0 Å². The summed E-state index contributed by atoms with van der Waals surface area (Å²) < 4.78 is 0. The number of carbonyl (C=O) groups is 3. The number of aryl methyl sites for hydroxylation is 2. The molecule has 4 amide bonds. The first kappa shape index (κ1) is 25.6. The van der Waals surface area contributed by atoms with E-state index >= 15 is 0 Å². The third-order valence-corrected chi connectivity index (χ3v) is 7.28. The number of benzene rings is 1. The molecule has 9 heteroatoms. The largest absolute Gasteiger partial charge is 0.388 e. The minimum atomic E-state index is -1.18. The fourth-order valence-corrected chi connectivity index (χ4v) is 5.35. The second-order valence-electron chi connectivity index (χ2n) is 10.8. The molecule has 0 saturated carbocycles. The number of hydrogen-bond donors (Lipinski definition) is 4. The second kappa shape index (κ2) is 9.20. The molecule has 0 bridgehead atoms. The van der Waals surface area contributed by atoms with Crippen LogP contribution >= 0.6 is 0 Å². The SMILES string of the molecule is Cc1cnc(N[C@H]2C[C@@H](C(C)(C)O)N(C(=O)c3ccc([C@@]4(C(C)C)NC(=O)NC4=O)cc3)C2)c(C)c1. The molecule has 0 radical (unpaired) electrons. The van der Waals surface area contributed by atoms with Gasteiger partial charge in [-0.2, -0.15) is 0 Å². The minimum absolute atomic E-state index is 0.0693. The highest BCUT2D eigenvalue weighted by molar-refractivity contribution is 6.07. The lowest BCUT2D eigenvalue weighted by Gasteiger charge is -2.34. The van der Waals surface area contributed by atoms with E-state index in [0.29, 0.717) is 24.1 Å². The van der Waals surface area contributed by atoms with Gasteiger partial charge in [0.1, 0.15) is 11.4 Å². The van der Waals surface area contributed by atoms with Crippen LogP contribution in [0.4, 0.5) is 10.6 Å². The third kappa shape index (κ3) is 4.55. The molecule has 2 fully saturated rings. The molecule has 3 heterocycles. The molecule has 4 rings (SSSR count). The molecule has 1 aromatic carbocycles. The number of nitrogens with zero attached hydrogens (tertiary/aromatic N) is 2. The van der Waals surface area contributed by atoms with E-state index < -0.39 is 29.1 Å². The number of nitrogens with one attached hydrogen (secondary N) is 3. The summed E-state index contributed by atoms with van der Waals surface area (Å²) in [5.74, 6) is -0.0360. The van der Waals surface area contributed by atoms with Gasteiger partial charge in [-0.25, -0.2) is 9.78 Å². The molecule has 3 atom stereocenters. The fraction of sp³-hybridized carbons (Fsp3) is 0.481. The summed E-state index contributed by atoms with van der Waals surface area (Å²) in [6.07, 6.45) is 2.38. The molecule has 2 aliphatic heterocycles. The zero-order valence-corrected chi connectivity index (χ0v) is 21.7. The van der Waals surface area contributed by atoms with Crippen LogP contribution in [-0.4, -0.2) is 57.1 Å². The van der Waals surface area contributed by atoms with Crippen LogP contribution in [0.2, 0.25) is 0 Å². The average Bonchev–Trinajstić information content (AvgIpc) is 3.36. The quantitative estimate of drug-likeness (QED) is 0.459. The molecular weight excluding hydrogens is 458 g/mol. The molecule has 9 nitrogen and oxygen atoms in total. The number of aliphatic hydroxyl groups is 1. The Kier molecular flexibility index (Phi) is 6.55. The van der Waals surface area contributed by atoms with Crippen LogP contribution in [0.1, 0.15) is 61.2 Å². The first-order valence-electron chi connectivity index (χ1n) is 12.3. The predicted molar refractivity (Wildman–Crippen MR) is 136 cm³/mol. The summed E-state index contributed by atoms with van der Waals surface area (Å²) in [7, 11) is 0. The minimum Gasteiger partial charge on any atom is -0.388 e. The van der Waals surface area contributed by atoms with E-state index in [1.54, 1.807) is 49.2 Å². The Labute approximate surface area is 211 Å². The molecule has 0 spiro atoms. The highest BCUT2D eigenvalue weighted by Crippen LogP contribution is 2.34. The predicted octanol–water partition coefficient (Wildman–Crippen LogP) is 2.86.